The molecule has 4 heteroatoms. The molecule has 0 aromatic heterocycles. The van der Waals surface area contributed by atoms with Gasteiger partial charge in [-0.3, -0.25) is 0 Å². The summed E-state index contributed by atoms with van der Waals surface area (Å²) in [6, 6.07) is 0. The molecule has 0 aliphatic carbocycles. The van der Waals surface area contributed by atoms with Crippen LogP contribution < -0.4 is 0 Å². The maximum absolute atomic E-state index is 9.95. The largest absolute Gasteiger partial charge is 0.500 e. The maximum atomic E-state index is 9.95. The van der Waals surface area contributed by atoms with E-state index in [1.54, 1.807) is 0 Å². The predicted molar refractivity (Wildman–Crippen MR) is 36.5 cm³/mol. The molecule has 0 spiro atoms. The number of halogens is 1. The second-order valence-electron chi connectivity index (χ2n) is 1.29. The summed E-state index contributed by atoms with van der Waals surface area (Å²) in [7, 11) is 1.43. The normalized spacial score (nSPS) is 11.1. The minimum Gasteiger partial charge on any atom is -0.500 e. The second kappa shape index (κ2) is 4.38. The first kappa shape index (κ1) is 8.49. The summed E-state index contributed by atoms with van der Waals surface area (Å²) in [6.07, 6.45) is 1.01. The van der Waals surface area contributed by atoms with Gasteiger partial charge in [-0.05, 0) is 0 Å². The molecule has 9 heavy (non-hydrogen) atoms. The van der Waals surface area contributed by atoms with Gasteiger partial charge in [0.05, 0.1) is 18.5 Å². The Kier molecular flexibility index (Phi) is 4.13. The summed E-state index contributed by atoms with van der Waals surface area (Å²) in [5.74, 6) is -0.589. The van der Waals surface area contributed by atoms with E-state index in [4.69, 9.17) is 5.11 Å². The first-order valence-electron chi connectivity index (χ1n) is 2.24. The van der Waals surface area contributed by atoms with Crippen LogP contribution in [0.15, 0.2) is 11.8 Å². The molecule has 52 valence electrons. The van der Waals surface area contributed by atoms with Gasteiger partial charge in [-0.15, -0.1) is 0 Å². The molecule has 0 heterocycles. The molecule has 0 saturated heterocycles. The van der Waals surface area contributed by atoms with Gasteiger partial charge in [0.1, 0.15) is 5.76 Å². The Morgan fingerprint density at radius 2 is 2.44 bits per heavy atom. The van der Waals surface area contributed by atoms with Gasteiger partial charge in [-0.2, -0.15) is 0 Å². The van der Waals surface area contributed by atoms with Crippen molar-refractivity contribution in [2.75, 3.05) is 12.4 Å². The van der Waals surface area contributed by atoms with Crippen molar-refractivity contribution in [1.82, 2.24) is 0 Å². The van der Waals surface area contributed by atoms with Crippen LogP contribution in [0.25, 0.3) is 0 Å². The van der Waals surface area contributed by atoms with Crippen LogP contribution in [0.3, 0.4) is 0 Å². The van der Waals surface area contributed by atoms with E-state index in [9.17, 15) is 4.79 Å². The van der Waals surface area contributed by atoms with Gasteiger partial charge in [0.2, 0.25) is 0 Å². The number of hydrogen-bond donors (Lipinski definition) is 1. The number of methoxy groups -OCH3 is 1. The Bertz CT molecular complexity index is 124. The van der Waals surface area contributed by atoms with Gasteiger partial charge in [0.15, 0.2) is 0 Å². The summed E-state index contributed by atoms with van der Waals surface area (Å²) in [5.41, 5.74) is 0. The Labute approximate surface area is 61.4 Å². The zero-order chi connectivity index (χ0) is 7.28. The fourth-order valence-electron chi connectivity index (χ4n) is 0.290. The molecule has 3 nitrogen and oxygen atoms in total. The van der Waals surface area contributed by atoms with Gasteiger partial charge in [-0.1, -0.05) is 15.9 Å². The molecular weight excluding hydrogens is 188 g/mol. The lowest BCUT2D eigenvalue weighted by Gasteiger charge is -1.97. The fraction of sp³-hybridized carbons (Fsp3) is 0.400. The van der Waals surface area contributed by atoms with E-state index in [2.05, 4.69) is 20.7 Å². The van der Waals surface area contributed by atoms with Crippen molar-refractivity contribution in [1.29, 1.82) is 0 Å². The molecule has 0 aromatic carbocycles. The Hall–Kier alpha value is -0.510. The topological polar surface area (TPSA) is 46.5 Å². The number of carboxylic acids is 1. The van der Waals surface area contributed by atoms with Gasteiger partial charge in [0.25, 0.3) is 0 Å². The lowest BCUT2D eigenvalue weighted by atomic mass is 10.5. The van der Waals surface area contributed by atoms with E-state index in [1.165, 1.54) is 7.11 Å². The van der Waals surface area contributed by atoms with Gasteiger partial charge < -0.3 is 9.84 Å². The SMILES string of the molecule is CO/C(=C\C(=O)O)CBr. The van der Waals surface area contributed by atoms with Crippen LogP contribution in [0, 0.1) is 0 Å². The molecule has 0 amide bonds. The van der Waals surface area contributed by atoms with E-state index in [0.29, 0.717) is 11.1 Å². The summed E-state index contributed by atoms with van der Waals surface area (Å²) in [5, 5.41) is 8.60. The molecule has 0 aliphatic heterocycles. The number of aliphatic carboxylic acids is 1. The predicted octanol–water partition coefficient (Wildman–Crippen LogP) is 0.996. The first-order valence-corrected chi connectivity index (χ1v) is 3.36. The van der Waals surface area contributed by atoms with Crippen molar-refractivity contribution < 1.29 is 14.6 Å². The second-order valence-corrected chi connectivity index (χ2v) is 1.85. The third-order valence-corrected chi connectivity index (χ3v) is 1.23. The van der Waals surface area contributed by atoms with Gasteiger partial charge in [0, 0.05) is 0 Å². The lowest BCUT2D eigenvalue weighted by molar-refractivity contribution is -0.131. The van der Waals surface area contributed by atoms with Crippen molar-refractivity contribution >= 4 is 21.9 Å². The van der Waals surface area contributed by atoms with Crippen LogP contribution in [-0.4, -0.2) is 23.5 Å². The molecule has 0 bridgehead atoms. The standard InChI is InChI=1S/C5H7BrO3/c1-9-4(3-6)2-5(7)8/h2H,3H2,1H3,(H,7,8)/b4-2-. The van der Waals surface area contributed by atoms with E-state index in [-0.39, 0.29) is 0 Å². The number of alkyl halides is 1. The van der Waals surface area contributed by atoms with E-state index in [0.717, 1.165) is 6.08 Å². The molecule has 1 N–H and O–H groups in total. The third kappa shape index (κ3) is 4.02. The molecule has 0 aliphatic rings. The van der Waals surface area contributed by atoms with Crippen LogP contribution in [0.1, 0.15) is 0 Å². The summed E-state index contributed by atoms with van der Waals surface area (Å²) in [6.45, 7) is 0. The number of hydrogen-bond acceptors (Lipinski definition) is 2. The highest BCUT2D eigenvalue weighted by molar-refractivity contribution is 9.09. The highest BCUT2D eigenvalue weighted by atomic mass is 79.9. The minimum atomic E-state index is -0.994. The lowest BCUT2D eigenvalue weighted by Crippen LogP contribution is -1.94. The van der Waals surface area contributed by atoms with Crippen LogP contribution in [0.5, 0.6) is 0 Å². The van der Waals surface area contributed by atoms with Gasteiger partial charge >= 0.3 is 5.97 Å². The number of ether oxygens (including phenoxy) is 1. The quantitative estimate of drug-likeness (QED) is 0.415. The fourth-order valence-corrected chi connectivity index (χ4v) is 0.681. The van der Waals surface area contributed by atoms with E-state index < -0.39 is 5.97 Å². The number of carboxylic acid groups (broad SMARTS) is 1. The average Bonchev–Trinajstić information content (AvgIpc) is 1.82. The molecule has 0 fully saturated rings. The smallest absolute Gasteiger partial charge is 0.331 e. The Balaban J connectivity index is 3.91. The summed E-state index contributed by atoms with van der Waals surface area (Å²) < 4.78 is 4.64. The summed E-state index contributed by atoms with van der Waals surface area (Å²) >= 11 is 3.05. The zero-order valence-electron chi connectivity index (χ0n) is 4.93. The molecule has 0 atom stereocenters. The van der Waals surface area contributed by atoms with Crippen LogP contribution >= 0.6 is 15.9 Å². The molecular formula is C5H7BrO3. The molecule has 0 radical (unpaired) electrons. The number of carbonyl (C=O) groups is 1. The van der Waals surface area contributed by atoms with Crippen molar-refractivity contribution in [3.05, 3.63) is 11.8 Å². The first-order chi connectivity index (χ1) is 4.20. The molecule has 0 saturated carbocycles. The maximum Gasteiger partial charge on any atom is 0.331 e. The number of allylic oxidation sites excluding steroid dienone is 1. The minimum absolute atomic E-state index is 0.405. The Morgan fingerprint density at radius 1 is 1.89 bits per heavy atom. The summed E-state index contributed by atoms with van der Waals surface area (Å²) in [4.78, 5) is 9.95. The highest BCUT2D eigenvalue weighted by Crippen LogP contribution is 1.98. The van der Waals surface area contributed by atoms with Crippen molar-refractivity contribution in [2.24, 2.45) is 0 Å². The Morgan fingerprint density at radius 3 is 2.56 bits per heavy atom. The molecule has 0 aromatic rings. The van der Waals surface area contributed by atoms with Gasteiger partial charge in [-0.25, -0.2) is 4.79 Å². The van der Waals surface area contributed by atoms with Crippen molar-refractivity contribution in [3.8, 4) is 0 Å². The van der Waals surface area contributed by atoms with Crippen molar-refractivity contribution in [3.63, 3.8) is 0 Å². The van der Waals surface area contributed by atoms with E-state index in [1.807, 2.05) is 0 Å². The average molecular weight is 195 g/mol. The van der Waals surface area contributed by atoms with Crippen molar-refractivity contribution in [2.45, 2.75) is 0 Å². The zero-order valence-corrected chi connectivity index (χ0v) is 6.51. The molecule has 0 unspecified atom stereocenters. The highest BCUT2D eigenvalue weighted by Gasteiger charge is 1.95. The van der Waals surface area contributed by atoms with Crippen LogP contribution in [0.4, 0.5) is 0 Å². The van der Waals surface area contributed by atoms with Crippen LogP contribution in [0.2, 0.25) is 0 Å². The molecule has 0 rings (SSSR count). The number of rotatable bonds is 3. The van der Waals surface area contributed by atoms with E-state index >= 15 is 0 Å². The monoisotopic (exact) mass is 194 g/mol. The van der Waals surface area contributed by atoms with Crippen LogP contribution in [-0.2, 0) is 9.53 Å². The third-order valence-electron chi connectivity index (χ3n) is 0.678.